The van der Waals surface area contributed by atoms with E-state index in [9.17, 15) is 8.78 Å². The molecule has 0 saturated carbocycles. The van der Waals surface area contributed by atoms with Crippen molar-refractivity contribution in [2.45, 2.75) is 31.9 Å². The zero-order chi connectivity index (χ0) is 14.2. The molecule has 2 aromatic carbocycles. The van der Waals surface area contributed by atoms with Gasteiger partial charge in [-0.15, -0.1) is 0 Å². The third-order valence-electron chi connectivity index (χ3n) is 3.23. The number of rotatable bonds is 7. The lowest BCUT2D eigenvalue weighted by molar-refractivity contribution is 0.121. The van der Waals surface area contributed by atoms with Crippen LogP contribution in [0.5, 0.6) is 0 Å². The molecule has 0 aliphatic rings. The average molecular weight is 275 g/mol. The number of halogens is 2. The Hall–Kier alpha value is -1.74. The van der Waals surface area contributed by atoms with E-state index in [-0.39, 0.29) is 12.5 Å². The largest absolute Gasteiger partial charge is 0.309 e. The maximum absolute atomic E-state index is 12.7. The highest BCUT2D eigenvalue weighted by molar-refractivity contribution is 5.17. The van der Waals surface area contributed by atoms with Crippen LogP contribution in [0.15, 0.2) is 60.7 Å². The Morgan fingerprint density at radius 3 is 1.90 bits per heavy atom. The minimum Gasteiger partial charge on any atom is -0.309 e. The van der Waals surface area contributed by atoms with Crippen molar-refractivity contribution in [2.75, 3.05) is 0 Å². The molecule has 1 nitrogen and oxygen atoms in total. The molecule has 0 aliphatic heterocycles. The Bertz CT molecular complexity index is 485. The molecule has 2 aromatic rings. The van der Waals surface area contributed by atoms with Gasteiger partial charge in [-0.05, 0) is 17.5 Å². The second-order valence-electron chi connectivity index (χ2n) is 4.88. The molecule has 0 spiro atoms. The summed E-state index contributed by atoms with van der Waals surface area (Å²) in [6.07, 6.45) is -1.79. The van der Waals surface area contributed by atoms with Gasteiger partial charge in [0.2, 0.25) is 6.43 Å². The maximum Gasteiger partial charge on any atom is 0.240 e. The molecular weight excluding hydrogens is 256 g/mol. The van der Waals surface area contributed by atoms with E-state index in [1.54, 1.807) is 0 Å². The first-order valence-corrected chi connectivity index (χ1v) is 6.83. The zero-order valence-electron chi connectivity index (χ0n) is 11.3. The Morgan fingerprint density at radius 1 is 0.800 bits per heavy atom. The Balaban J connectivity index is 1.93. The topological polar surface area (TPSA) is 12.0 Å². The summed E-state index contributed by atoms with van der Waals surface area (Å²) in [4.78, 5) is 0. The van der Waals surface area contributed by atoms with Crippen molar-refractivity contribution in [1.29, 1.82) is 0 Å². The van der Waals surface area contributed by atoms with Gasteiger partial charge in [0.1, 0.15) is 0 Å². The fourth-order valence-electron chi connectivity index (χ4n) is 2.21. The molecular formula is C17H19F2N. The van der Waals surface area contributed by atoms with Gasteiger partial charge in [-0.2, -0.15) is 0 Å². The van der Waals surface area contributed by atoms with Crippen molar-refractivity contribution in [3.63, 3.8) is 0 Å². The quantitative estimate of drug-likeness (QED) is 0.804. The van der Waals surface area contributed by atoms with Gasteiger partial charge in [-0.25, -0.2) is 8.78 Å². The minimum atomic E-state index is -2.29. The molecule has 0 aromatic heterocycles. The first kappa shape index (κ1) is 14.7. The van der Waals surface area contributed by atoms with Crippen molar-refractivity contribution in [3.05, 3.63) is 71.8 Å². The second kappa shape index (κ2) is 7.75. The highest BCUT2D eigenvalue weighted by atomic mass is 19.3. The van der Waals surface area contributed by atoms with Crippen LogP contribution in [0, 0.1) is 0 Å². The highest BCUT2D eigenvalue weighted by Crippen LogP contribution is 2.11. The van der Waals surface area contributed by atoms with E-state index in [0.29, 0.717) is 13.0 Å². The standard InChI is InChI=1S/C17H19F2N/c18-17(19)12-16(11-14-7-3-1-4-8-14)20-13-15-9-5-2-6-10-15/h1-10,16-17,20H,11-13H2/t16-/m0/s1. The molecule has 0 saturated heterocycles. The average Bonchev–Trinajstić information content (AvgIpc) is 2.46. The smallest absolute Gasteiger partial charge is 0.240 e. The van der Waals surface area contributed by atoms with E-state index in [2.05, 4.69) is 5.32 Å². The summed E-state index contributed by atoms with van der Waals surface area (Å²) in [5.41, 5.74) is 2.19. The lowest BCUT2D eigenvalue weighted by Gasteiger charge is -2.18. The SMILES string of the molecule is FC(F)C[C@H](Cc1ccccc1)NCc1ccccc1. The van der Waals surface area contributed by atoms with E-state index >= 15 is 0 Å². The molecule has 1 atom stereocenters. The van der Waals surface area contributed by atoms with Gasteiger partial charge in [0.05, 0.1) is 0 Å². The third kappa shape index (κ3) is 5.10. The number of alkyl halides is 2. The number of hydrogen-bond donors (Lipinski definition) is 1. The van der Waals surface area contributed by atoms with Crippen molar-refractivity contribution >= 4 is 0 Å². The summed E-state index contributed by atoms with van der Waals surface area (Å²) >= 11 is 0. The number of benzene rings is 2. The summed E-state index contributed by atoms with van der Waals surface area (Å²) in [5, 5.41) is 3.24. The van der Waals surface area contributed by atoms with Crippen LogP contribution < -0.4 is 5.32 Å². The normalized spacial score (nSPS) is 12.6. The highest BCUT2D eigenvalue weighted by Gasteiger charge is 2.15. The predicted molar refractivity (Wildman–Crippen MR) is 77.8 cm³/mol. The molecule has 0 aliphatic carbocycles. The van der Waals surface area contributed by atoms with Crippen LogP contribution in [0.25, 0.3) is 0 Å². The second-order valence-corrected chi connectivity index (χ2v) is 4.88. The fraction of sp³-hybridized carbons (Fsp3) is 0.294. The van der Waals surface area contributed by atoms with E-state index in [1.807, 2.05) is 60.7 Å². The van der Waals surface area contributed by atoms with Crippen LogP contribution in [-0.4, -0.2) is 12.5 Å². The molecule has 20 heavy (non-hydrogen) atoms. The zero-order valence-corrected chi connectivity index (χ0v) is 11.3. The van der Waals surface area contributed by atoms with Gasteiger partial charge in [0, 0.05) is 19.0 Å². The van der Waals surface area contributed by atoms with E-state index < -0.39 is 6.43 Å². The summed E-state index contributed by atoms with van der Waals surface area (Å²) in [5.74, 6) is 0. The van der Waals surface area contributed by atoms with Crippen LogP contribution in [-0.2, 0) is 13.0 Å². The van der Waals surface area contributed by atoms with Crippen molar-refractivity contribution in [3.8, 4) is 0 Å². The summed E-state index contributed by atoms with van der Waals surface area (Å²) in [6, 6.07) is 19.4. The molecule has 0 unspecified atom stereocenters. The third-order valence-corrected chi connectivity index (χ3v) is 3.23. The van der Waals surface area contributed by atoms with Gasteiger partial charge in [-0.1, -0.05) is 60.7 Å². The lowest BCUT2D eigenvalue weighted by atomic mass is 10.0. The fourth-order valence-corrected chi connectivity index (χ4v) is 2.21. The van der Waals surface area contributed by atoms with Gasteiger partial charge < -0.3 is 5.32 Å². The Labute approximate surface area is 118 Å². The van der Waals surface area contributed by atoms with Crippen molar-refractivity contribution in [2.24, 2.45) is 0 Å². The van der Waals surface area contributed by atoms with E-state index in [4.69, 9.17) is 0 Å². The summed E-state index contributed by atoms with van der Waals surface area (Å²) in [6.45, 7) is 0.616. The molecule has 0 radical (unpaired) electrons. The first-order chi connectivity index (χ1) is 9.74. The van der Waals surface area contributed by atoms with Gasteiger partial charge >= 0.3 is 0 Å². The van der Waals surface area contributed by atoms with Crippen molar-refractivity contribution in [1.82, 2.24) is 5.32 Å². The predicted octanol–water partition coefficient (Wildman–Crippen LogP) is 4.04. The summed E-state index contributed by atoms with van der Waals surface area (Å²) < 4.78 is 25.3. The van der Waals surface area contributed by atoms with Crippen LogP contribution in [0.2, 0.25) is 0 Å². The molecule has 0 amide bonds. The monoisotopic (exact) mass is 275 g/mol. The Kier molecular flexibility index (Phi) is 5.69. The Morgan fingerprint density at radius 2 is 1.35 bits per heavy atom. The molecule has 1 N–H and O–H groups in total. The van der Waals surface area contributed by atoms with E-state index in [0.717, 1.165) is 11.1 Å². The van der Waals surface area contributed by atoms with Crippen LogP contribution in [0.3, 0.4) is 0 Å². The lowest BCUT2D eigenvalue weighted by Crippen LogP contribution is -2.32. The summed E-state index contributed by atoms with van der Waals surface area (Å²) in [7, 11) is 0. The van der Waals surface area contributed by atoms with Gasteiger partial charge in [0.15, 0.2) is 0 Å². The molecule has 106 valence electrons. The molecule has 0 fully saturated rings. The number of nitrogens with one attached hydrogen (secondary N) is 1. The minimum absolute atomic E-state index is 0.123. The van der Waals surface area contributed by atoms with Crippen molar-refractivity contribution < 1.29 is 8.78 Å². The van der Waals surface area contributed by atoms with Crippen LogP contribution in [0.1, 0.15) is 17.5 Å². The molecule has 0 heterocycles. The van der Waals surface area contributed by atoms with Gasteiger partial charge in [0.25, 0.3) is 0 Å². The van der Waals surface area contributed by atoms with Crippen LogP contribution in [0.4, 0.5) is 8.78 Å². The number of hydrogen-bond acceptors (Lipinski definition) is 1. The van der Waals surface area contributed by atoms with Gasteiger partial charge in [-0.3, -0.25) is 0 Å². The van der Waals surface area contributed by atoms with Crippen LogP contribution >= 0.6 is 0 Å². The maximum atomic E-state index is 12.7. The molecule has 3 heteroatoms. The molecule has 0 bridgehead atoms. The molecule has 2 rings (SSSR count). The van der Waals surface area contributed by atoms with E-state index in [1.165, 1.54) is 0 Å². The first-order valence-electron chi connectivity index (χ1n) is 6.83.